The van der Waals surface area contributed by atoms with Gasteiger partial charge in [0.2, 0.25) is 0 Å². The number of rotatable bonds is 4. The minimum absolute atomic E-state index is 0.247. The van der Waals surface area contributed by atoms with Gasteiger partial charge in [-0.05, 0) is 42.0 Å². The van der Waals surface area contributed by atoms with Gasteiger partial charge in [0.05, 0.1) is 0 Å². The lowest BCUT2D eigenvalue weighted by molar-refractivity contribution is 0.626. The number of nitrogens with zero attached hydrogens (tertiary/aromatic N) is 1. The van der Waals surface area contributed by atoms with Crippen LogP contribution >= 0.6 is 23.1 Å². The SMILES string of the molecule is Nc1sc(SCc2cccc(F)c2)nc1-c1ccc(F)cc1. The van der Waals surface area contributed by atoms with Gasteiger partial charge in [0.1, 0.15) is 22.3 Å². The maximum Gasteiger partial charge on any atom is 0.152 e. The Morgan fingerprint density at radius 2 is 1.82 bits per heavy atom. The summed E-state index contributed by atoms with van der Waals surface area (Å²) in [5.41, 5.74) is 8.33. The van der Waals surface area contributed by atoms with Gasteiger partial charge in [-0.15, -0.1) is 0 Å². The Morgan fingerprint density at radius 3 is 2.55 bits per heavy atom. The van der Waals surface area contributed by atoms with Crippen molar-refractivity contribution >= 4 is 28.1 Å². The second-order valence-electron chi connectivity index (χ2n) is 4.62. The summed E-state index contributed by atoms with van der Waals surface area (Å²) in [7, 11) is 0. The molecule has 0 atom stereocenters. The van der Waals surface area contributed by atoms with Crippen molar-refractivity contribution in [3.8, 4) is 11.3 Å². The molecule has 1 heterocycles. The van der Waals surface area contributed by atoms with Gasteiger partial charge in [-0.1, -0.05) is 35.2 Å². The first kappa shape index (κ1) is 15.0. The molecule has 3 rings (SSSR count). The molecule has 0 amide bonds. The van der Waals surface area contributed by atoms with Gasteiger partial charge >= 0.3 is 0 Å². The van der Waals surface area contributed by atoms with Gasteiger partial charge in [0, 0.05) is 11.3 Å². The molecule has 0 saturated carbocycles. The van der Waals surface area contributed by atoms with E-state index >= 15 is 0 Å². The monoisotopic (exact) mass is 334 g/mol. The van der Waals surface area contributed by atoms with Crippen molar-refractivity contribution in [1.29, 1.82) is 0 Å². The quantitative estimate of drug-likeness (QED) is 0.685. The third-order valence-corrected chi connectivity index (χ3v) is 5.10. The molecule has 0 unspecified atom stereocenters. The Bertz CT molecular complexity index is 785. The second-order valence-corrected chi connectivity index (χ2v) is 6.87. The number of nitrogen functional groups attached to an aromatic ring is 1. The zero-order chi connectivity index (χ0) is 15.5. The van der Waals surface area contributed by atoms with E-state index in [1.54, 1.807) is 18.2 Å². The largest absolute Gasteiger partial charge is 0.389 e. The number of thiazole rings is 1. The van der Waals surface area contributed by atoms with Gasteiger partial charge in [0.15, 0.2) is 4.34 Å². The molecular weight excluding hydrogens is 322 g/mol. The molecule has 2 nitrogen and oxygen atoms in total. The number of aromatic nitrogens is 1. The summed E-state index contributed by atoms with van der Waals surface area (Å²) >= 11 is 2.88. The van der Waals surface area contributed by atoms with Crippen LogP contribution in [0, 0.1) is 11.6 Å². The molecule has 0 aliphatic carbocycles. The van der Waals surface area contributed by atoms with Crippen LogP contribution in [0.25, 0.3) is 11.3 Å². The smallest absolute Gasteiger partial charge is 0.152 e. The van der Waals surface area contributed by atoms with Crippen LogP contribution in [-0.4, -0.2) is 4.98 Å². The fraction of sp³-hybridized carbons (Fsp3) is 0.0625. The normalized spacial score (nSPS) is 10.8. The Labute approximate surface area is 135 Å². The molecule has 112 valence electrons. The Kier molecular flexibility index (Phi) is 4.40. The molecule has 0 bridgehead atoms. The zero-order valence-corrected chi connectivity index (χ0v) is 13.1. The van der Waals surface area contributed by atoms with Gasteiger partial charge < -0.3 is 5.73 Å². The van der Waals surface area contributed by atoms with E-state index in [0.29, 0.717) is 16.4 Å². The summed E-state index contributed by atoms with van der Waals surface area (Å²) in [5, 5.41) is 0.591. The summed E-state index contributed by atoms with van der Waals surface area (Å²) < 4.78 is 26.9. The highest BCUT2D eigenvalue weighted by atomic mass is 32.2. The van der Waals surface area contributed by atoms with E-state index in [0.717, 1.165) is 15.5 Å². The first-order chi connectivity index (χ1) is 10.6. The minimum Gasteiger partial charge on any atom is -0.389 e. The fourth-order valence-electron chi connectivity index (χ4n) is 1.96. The Morgan fingerprint density at radius 1 is 1.05 bits per heavy atom. The summed E-state index contributed by atoms with van der Waals surface area (Å²) in [6, 6.07) is 12.6. The maximum absolute atomic E-state index is 13.1. The number of hydrogen-bond acceptors (Lipinski definition) is 4. The summed E-state index contributed by atoms with van der Waals surface area (Å²) in [6.45, 7) is 0. The van der Waals surface area contributed by atoms with E-state index in [-0.39, 0.29) is 11.6 Å². The molecule has 0 aliphatic heterocycles. The molecule has 0 aliphatic rings. The molecule has 1 aromatic heterocycles. The number of halogens is 2. The molecule has 22 heavy (non-hydrogen) atoms. The summed E-state index contributed by atoms with van der Waals surface area (Å²) in [5.74, 6) is 0.0788. The summed E-state index contributed by atoms with van der Waals surface area (Å²) in [4.78, 5) is 4.49. The van der Waals surface area contributed by atoms with Gasteiger partial charge in [-0.3, -0.25) is 0 Å². The van der Waals surface area contributed by atoms with Gasteiger partial charge in [0.25, 0.3) is 0 Å². The van der Waals surface area contributed by atoms with Crippen LogP contribution in [0.2, 0.25) is 0 Å². The molecule has 0 radical (unpaired) electrons. The van der Waals surface area contributed by atoms with Crippen molar-refractivity contribution in [2.75, 3.05) is 5.73 Å². The van der Waals surface area contributed by atoms with Gasteiger partial charge in [-0.25, -0.2) is 13.8 Å². The molecule has 2 N–H and O–H groups in total. The van der Waals surface area contributed by atoms with Crippen LogP contribution in [0.15, 0.2) is 52.9 Å². The fourth-order valence-corrected chi connectivity index (χ4v) is 3.85. The highest BCUT2D eigenvalue weighted by Gasteiger charge is 2.11. The lowest BCUT2D eigenvalue weighted by Crippen LogP contribution is -1.86. The predicted molar refractivity (Wildman–Crippen MR) is 87.9 cm³/mol. The van der Waals surface area contributed by atoms with Gasteiger partial charge in [-0.2, -0.15) is 0 Å². The molecule has 0 saturated heterocycles. The van der Waals surface area contributed by atoms with Crippen molar-refractivity contribution in [1.82, 2.24) is 4.98 Å². The van der Waals surface area contributed by atoms with E-state index in [4.69, 9.17) is 5.73 Å². The average molecular weight is 334 g/mol. The van der Waals surface area contributed by atoms with Crippen LogP contribution < -0.4 is 5.73 Å². The van der Waals surface area contributed by atoms with E-state index < -0.39 is 0 Å². The number of hydrogen-bond donors (Lipinski definition) is 1. The Hall–Kier alpha value is -1.92. The topological polar surface area (TPSA) is 38.9 Å². The summed E-state index contributed by atoms with van der Waals surface area (Å²) in [6.07, 6.45) is 0. The van der Waals surface area contributed by atoms with E-state index in [2.05, 4.69) is 4.98 Å². The number of anilines is 1. The van der Waals surface area contributed by atoms with E-state index in [9.17, 15) is 8.78 Å². The molecule has 0 spiro atoms. The standard InChI is InChI=1S/C16H12F2N2S2/c17-12-6-4-11(5-7-12)14-15(19)22-16(20-14)21-9-10-2-1-3-13(18)8-10/h1-8H,9,19H2. The minimum atomic E-state index is -0.293. The number of nitrogens with two attached hydrogens (primary N) is 1. The third-order valence-electron chi connectivity index (χ3n) is 3.00. The van der Waals surface area contributed by atoms with Crippen molar-refractivity contribution in [3.63, 3.8) is 0 Å². The molecule has 3 aromatic rings. The number of benzene rings is 2. The molecular formula is C16H12F2N2S2. The predicted octanol–water partition coefficient (Wildman–Crippen LogP) is 4.96. The first-order valence-electron chi connectivity index (χ1n) is 6.51. The van der Waals surface area contributed by atoms with Crippen LogP contribution in [0.3, 0.4) is 0 Å². The lowest BCUT2D eigenvalue weighted by Gasteiger charge is -1.99. The third kappa shape index (κ3) is 3.45. The lowest BCUT2D eigenvalue weighted by atomic mass is 10.2. The van der Waals surface area contributed by atoms with Crippen LogP contribution in [0.5, 0.6) is 0 Å². The Balaban J connectivity index is 1.76. The van der Waals surface area contributed by atoms with Crippen molar-refractivity contribution < 1.29 is 8.78 Å². The van der Waals surface area contributed by atoms with Crippen LogP contribution in [0.4, 0.5) is 13.8 Å². The maximum atomic E-state index is 13.1. The highest BCUT2D eigenvalue weighted by Crippen LogP contribution is 2.36. The highest BCUT2D eigenvalue weighted by molar-refractivity contribution is 8.00. The zero-order valence-electron chi connectivity index (χ0n) is 11.4. The van der Waals surface area contributed by atoms with E-state index in [1.165, 1.54) is 47.4 Å². The number of thioether (sulfide) groups is 1. The second kappa shape index (κ2) is 6.46. The first-order valence-corrected chi connectivity index (χ1v) is 8.31. The molecule has 2 aromatic carbocycles. The van der Waals surface area contributed by atoms with Crippen LogP contribution in [0.1, 0.15) is 5.56 Å². The molecule has 6 heteroatoms. The van der Waals surface area contributed by atoms with Crippen molar-refractivity contribution in [2.45, 2.75) is 10.1 Å². The van der Waals surface area contributed by atoms with Crippen molar-refractivity contribution in [3.05, 3.63) is 65.7 Å². The molecule has 0 fully saturated rings. The van der Waals surface area contributed by atoms with E-state index in [1.807, 2.05) is 6.07 Å². The van der Waals surface area contributed by atoms with Crippen molar-refractivity contribution in [2.24, 2.45) is 0 Å². The van der Waals surface area contributed by atoms with Crippen LogP contribution in [-0.2, 0) is 5.75 Å². The average Bonchev–Trinajstić information content (AvgIpc) is 2.87.